The lowest BCUT2D eigenvalue weighted by Crippen LogP contribution is -2.15. The van der Waals surface area contributed by atoms with Crippen LogP contribution < -0.4 is 10.5 Å². The first-order chi connectivity index (χ1) is 9.70. The van der Waals surface area contributed by atoms with E-state index in [4.69, 9.17) is 17.3 Å². The van der Waals surface area contributed by atoms with E-state index in [9.17, 15) is 12.8 Å². The Balaban J connectivity index is 2.48. The van der Waals surface area contributed by atoms with E-state index >= 15 is 0 Å². The molecule has 2 aromatic rings. The van der Waals surface area contributed by atoms with Gasteiger partial charge in [0.1, 0.15) is 4.90 Å². The van der Waals surface area contributed by atoms with Crippen molar-refractivity contribution < 1.29 is 12.8 Å². The van der Waals surface area contributed by atoms with E-state index in [2.05, 4.69) is 20.7 Å². The zero-order valence-corrected chi connectivity index (χ0v) is 14.0. The monoisotopic (exact) mass is 392 g/mol. The Morgan fingerprint density at radius 1 is 1.29 bits per heavy atom. The first-order valence-corrected chi connectivity index (χ1v) is 8.39. The highest BCUT2D eigenvalue weighted by atomic mass is 79.9. The number of hydrogen-bond donors (Lipinski definition) is 2. The molecule has 3 N–H and O–H groups in total. The number of rotatable bonds is 3. The van der Waals surface area contributed by atoms with E-state index in [0.29, 0.717) is 0 Å². The molecule has 0 saturated heterocycles. The van der Waals surface area contributed by atoms with Crippen LogP contribution in [0.4, 0.5) is 15.8 Å². The van der Waals surface area contributed by atoms with Crippen LogP contribution in [-0.4, -0.2) is 8.42 Å². The Labute approximate surface area is 135 Å². The number of anilines is 2. The molecule has 2 rings (SSSR count). The highest BCUT2D eigenvalue weighted by Crippen LogP contribution is 2.30. The molecule has 112 valence electrons. The molecule has 0 unspecified atom stereocenters. The molecule has 0 aliphatic carbocycles. The molecule has 0 spiro atoms. The standard InChI is InChI=1S/C13H11BrClFN2O2S/c1-7-2-3-11(10(15)4-7)18-21(19,20)12-6-8(17)5-9(14)13(12)16/h2-6,18H,17H2,1H3. The van der Waals surface area contributed by atoms with E-state index in [-0.39, 0.29) is 20.9 Å². The van der Waals surface area contributed by atoms with Crippen molar-refractivity contribution in [2.75, 3.05) is 10.5 Å². The molecule has 0 aromatic heterocycles. The lowest BCUT2D eigenvalue weighted by Gasteiger charge is -2.12. The highest BCUT2D eigenvalue weighted by Gasteiger charge is 2.22. The number of halogens is 3. The molecule has 0 heterocycles. The van der Waals surface area contributed by atoms with Gasteiger partial charge in [-0.15, -0.1) is 0 Å². The fourth-order valence-corrected chi connectivity index (χ4v) is 3.84. The quantitative estimate of drug-likeness (QED) is 0.776. The zero-order chi connectivity index (χ0) is 15.8. The first kappa shape index (κ1) is 16.1. The van der Waals surface area contributed by atoms with Crippen LogP contribution in [-0.2, 0) is 10.0 Å². The molecule has 0 aliphatic heterocycles. The average Bonchev–Trinajstić information content (AvgIpc) is 2.37. The maximum atomic E-state index is 14.0. The van der Waals surface area contributed by atoms with Crippen molar-refractivity contribution in [3.8, 4) is 0 Å². The van der Waals surface area contributed by atoms with E-state index in [0.717, 1.165) is 11.6 Å². The fraction of sp³-hybridized carbons (Fsp3) is 0.0769. The third-order valence-electron chi connectivity index (χ3n) is 2.68. The summed E-state index contributed by atoms with van der Waals surface area (Å²) in [4.78, 5) is -0.550. The lowest BCUT2D eigenvalue weighted by molar-refractivity contribution is 0.567. The predicted octanol–water partition coefficient (Wildman–Crippen LogP) is 3.93. The van der Waals surface area contributed by atoms with Crippen molar-refractivity contribution in [3.63, 3.8) is 0 Å². The van der Waals surface area contributed by atoms with E-state index in [1.54, 1.807) is 12.1 Å². The van der Waals surface area contributed by atoms with Gasteiger partial charge in [-0.1, -0.05) is 17.7 Å². The molecule has 8 heteroatoms. The minimum Gasteiger partial charge on any atom is -0.399 e. The Morgan fingerprint density at radius 3 is 2.57 bits per heavy atom. The summed E-state index contributed by atoms with van der Waals surface area (Å²) >= 11 is 8.90. The van der Waals surface area contributed by atoms with Crippen molar-refractivity contribution in [2.24, 2.45) is 0 Å². The first-order valence-electron chi connectivity index (χ1n) is 5.74. The largest absolute Gasteiger partial charge is 0.399 e. The van der Waals surface area contributed by atoms with Gasteiger partial charge in [0.2, 0.25) is 0 Å². The van der Waals surface area contributed by atoms with E-state index < -0.39 is 20.7 Å². The SMILES string of the molecule is Cc1ccc(NS(=O)(=O)c2cc(N)cc(Br)c2F)c(Cl)c1. The maximum absolute atomic E-state index is 14.0. The van der Waals surface area contributed by atoms with Crippen molar-refractivity contribution in [3.05, 3.63) is 51.2 Å². The number of aryl methyl sites for hydroxylation is 1. The van der Waals surface area contributed by atoms with Crippen molar-refractivity contribution in [1.82, 2.24) is 0 Å². The van der Waals surface area contributed by atoms with Gasteiger partial charge in [-0.05, 0) is 52.7 Å². The van der Waals surface area contributed by atoms with Crippen molar-refractivity contribution in [2.45, 2.75) is 11.8 Å². The molecular formula is C13H11BrClFN2O2S. The second-order valence-corrected chi connectivity index (χ2v) is 7.32. The molecule has 21 heavy (non-hydrogen) atoms. The lowest BCUT2D eigenvalue weighted by atomic mass is 10.2. The zero-order valence-electron chi connectivity index (χ0n) is 10.8. The van der Waals surface area contributed by atoms with Crippen LogP contribution in [0, 0.1) is 12.7 Å². The molecule has 0 amide bonds. The number of nitrogens with one attached hydrogen (secondary N) is 1. The number of sulfonamides is 1. The van der Waals surface area contributed by atoms with Crippen molar-refractivity contribution in [1.29, 1.82) is 0 Å². The van der Waals surface area contributed by atoms with E-state index in [1.807, 2.05) is 6.92 Å². The summed E-state index contributed by atoms with van der Waals surface area (Å²) in [6.45, 7) is 1.82. The van der Waals surface area contributed by atoms with Gasteiger partial charge >= 0.3 is 0 Å². The summed E-state index contributed by atoms with van der Waals surface area (Å²) in [5.41, 5.74) is 6.72. The van der Waals surface area contributed by atoms with Gasteiger partial charge in [-0.3, -0.25) is 4.72 Å². The normalized spacial score (nSPS) is 11.4. The molecule has 2 aromatic carbocycles. The number of nitrogen functional groups attached to an aromatic ring is 1. The Bertz CT molecular complexity index is 812. The van der Waals surface area contributed by atoms with Gasteiger partial charge < -0.3 is 5.73 Å². The van der Waals surface area contributed by atoms with Gasteiger partial charge in [-0.25, -0.2) is 12.8 Å². The minimum atomic E-state index is -4.14. The molecule has 4 nitrogen and oxygen atoms in total. The summed E-state index contributed by atoms with van der Waals surface area (Å²) < 4.78 is 40.8. The topological polar surface area (TPSA) is 72.2 Å². The molecule has 0 saturated carbocycles. The smallest absolute Gasteiger partial charge is 0.264 e. The number of hydrogen-bond acceptors (Lipinski definition) is 3. The Kier molecular flexibility index (Phi) is 4.46. The highest BCUT2D eigenvalue weighted by molar-refractivity contribution is 9.10. The summed E-state index contributed by atoms with van der Waals surface area (Å²) in [6, 6.07) is 7.13. The molecule has 0 radical (unpaired) electrons. The van der Waals surface area contributed by atoms with Crippen LogP contribution in [0.25, 0.3) is 0 Å². The third kappa shape index (κ3) is 3.48. The van der Waals surface area contributed by atoms with Crippen LogP contribution in [0.2, 0.25) is 5.02 Å². The van der Waals surface area contributed by atoms with Gasteiger partial charge in [0.05, 0.1) is 15.2 Å². The predicted molar refractivity (Wildman–Crippen MR) is 85.5 cm³/mol. The van der Waals surface area contributed by atoms with Gasteiger partial charge in [0.15, 0.2) is 5.82 Å². The van der Waals surface area contributed by atoms with Crippen LogP contribution in [0.1, 0.15) is 5.56 Å². The summed E-state index contributed by atoms with van der Waals surface area (Å²) in [5, 5.41) is 0.224. The summed E-state index contributed by atoms with van der Waals surface area (Å²) in [6.07, 6.45) is 0. The maximum Gasteiger partial charge on any atom is 0.264 e. The van der Waals surface area contributed by atoms with Crippen LogP contribution in [0.15, 0.2) is 39.7 Å². The van der Waals surface area contributed by atoms with Crippen LogP contribution in [0.5, 0.6) is 0 Å². The van der Waals surface area contributed by atoms with Gasteiger partial charge in [0, 0.05) is 5.69 Å². The minimum absolute atomic E-state index is 0.0297. The molecule has 0 bridgehead atoms. The summed E-state index contributed by atoms with van der Waals surface area (Å²) in [7, 11) is -4.14. The van der Waals surface area contributed by atoms with Gasteiger partial charge in [-0.2, -0.15) is 0 Å². The third-order valence-corrected chi connectivity index (χ3v) is 4.93. The van der Waals surface area contributed by atoms with Crippen LogP contribution in [0.3, 0.4) is 0 Å². The number of benzene rings is 2. The second kappa shape index (κ2) is 5.82. The average molecular weight is 394 g/mol. The molecular weight excluding hydrogens is 383 g/mol. The second-order valence-electron chi connectivity index (χ2n) is 4.40. The van der Waals surface area contributed by atoms with Gasteiger partial charge in [0.25, 0.3) is 10.0 Å². The molecule has 0 fully saturated rings. The Hall–Kier alpha value is -1.31. The Morgan fingerprint density at radius 2 is 1.95 bits per heavy atom. The number of nitrogens with two attached hydrogens (primary N) is 1. The molecule has 0 aliphatic rings. The summed E-state index contributed by atoms with van der Waals surface area (Å²) in [5.74, 6) is -0.917. The van der Waals surface area contributed by atoms with Crippen molar-refractivity contribution >= 4 is 48.9 Å². The van der Waals surface area contributed by atoms with E-state index in [1.165, 1.54) is 12.1 Å². The fourth-order valence-electron chi connectivity index (χ4n) is 1.68. The molecule has 0 atom stereocenters. The van der Waals surface area contributed by atoms with Crippen LogP contribution >= 0.6 is 27.5 Å².